The average molecular weight is 492 g/mol. The number of nitrogens with two attached hydrogens (primary N) is 1. The number of rotatable bonds is 7. The molecule has 9 heteroatoms. The van der Waals surface area contributed by atoms with E-state index >= 15 is 0 Å². The highest BCUT2D eigenvalue weighted by Gasteiger charge is 2.21. The van der Waals surface area contributed by atoms with Crippen LogP contribution in [0.5, 0.6) is 0 Å². The van der Waals surface area contributed by atoms with E-state index in [1.54, 1.807) is 24.3 Å². The molecule has 1 heterocycles. The Morgan fingerprint density at radius 2 is 1.76 bits per heavy atom. The lowest BCUT2D eigenvalue weighted by Gasteiger charge is -2.12. The number of carboxylic acids is 1. The van der Waals surface area contributed by atoms with Crippen molar-refractivity contribution >= 4 is 62.2 Å². The quantitative estimate of drug-likeness (QED) is 0.160. The molecule has 0 aliphatic rings. The smallest absolute Gasteiger partial charge is 0.335 e. The highest BCUT2D eigenvalue weighted by Crippen LogP contribution is 2.36. The summed E-state index contributed by atoms with van der Waals surface area (Å²) in [6.45, 7) is 0. The fourth-order valence-electron chi connectivity index (χ4n) is 3.50. The van der Waals surface area contributed by atoms with Crippen LogP contribution in [0.4, 0.5) is 5.69 Å². The normalized spacial score (nSPS) is 10.7. The summed E-state index contributed by atoms with van der Waals surface area (Å²) in [7, 11) is 0. The summed E-state index contributed by atoms with van der Waals surface area (Å²) in [5, 5.41) is 20.8. The average Bonchev–Trinajstić information content (AvgIpc) is 3.16. The lowest BCUT2D eigenvalue weighted by atomic mass is 9.98. The second-order valence-electron chi connectivity index (χ2n) is 7.47. The predicted octanol–water partition coefficient (Wildman–Crippen LogP) is 5.21. The summed E-state index contributed by atoms with van der Waals surface area (Å²) in [6, 6.07) is 17.8. The van der Waals surface area contributed by atoms with Crippen LogP contribution < -0.4 is 11.1 Å². The van der Waals surface area contributed by atoms with Gasteiger partial charge in [0.1, 0.15) is 5.84 Å². The second-order valence-corrected chi connectivity index (χ2v) is 8.90. The number of amides is 1. The van der Waals surface area contributed by atoms with Crippen LogP contribution >= 0.6 is 22.9 Å². The maximum atomic E-state index is 13.1. The number of ketones is 1. The van der Waals surface area contributed by atoms with Gasteiger partial charge >= 0.3 is 5.97 Å². The first-order chi connectivity index (χ1) is 16.2. The molecule has 4 rings (SSSR count). The molecule has 1 aromatic heterocycles. The van der Waals surface area contributed by atoms with Crippen molar-refractivity contribution in [1.82, 2.24) is 0 Å². The molecular formula is C25H18ClN3O4S. The molecule has 0 saturated heterocycles. The van der Waals surface area contributed by atoms with E-state index in [2.05, 4.69) is 5.32 Å². The highest BCUT2D eigenvalue weighted by atomic mass is 35.5. The van der Waals surface area contributed by atoms with Gasteiger partial charge in [-0.25, -0.2) is 4.79 Å². The molecule has 4 aromatic rings. The van der Waals surface area contributed by atoms with Crippen LogP contribution in [-0.2, 0) is 6.42 Å². The Kier molecular flexibility index (Phi) is 6.45. The van der Waals surface area contributed by atoms with E-state index in [4.69, 9.17) is 22.7 Å². The van der Waals surface area contributed by atoms with Crippen molar-refractivity contribution in [3.8, 4) is 0 Å². The predicted molar refractivity (Wildman–Crippen MR) is 134 cm³/mol. The van der Waals surface area contributed by atoms with Gasteiger partial charge in [-0.1, -0.05) is 41.9 Å². The molecule has 0 bridgehead atoms. The molecule has 0 spiro atoms. The number of fused-ring (bicyclic) bond motifs is 1. The van der Waals surface area contributed by atoms with Crippen LogP contribution in [0.15, 0.2) is 66.7 Å². The zero-order valence-corrected chi connectivity index (χ0v) is 19.2. The number of anilines is 1. The summed E-state index contributed by atoms with van der Waals surface area (Å²) in [5.41, 5.74) is 6.74. The number of nitrogens with one attached hydrogen (secondary N) is 2. The Bertz CT molecular complexity index is 1480. The van der Waals surface area contributed by atoms with E-state index in [9.17, 15) is 19.5 Å². The molecule has 5 N–H and O–H groups in total. The summed E-state index contributed by atoms with van der Waals surface area (Å²) in [6.07, 6.45) is -0.204. The number of Topliss-reactive ketones (excluding diaryl/α,β-unsaturated/α-hetero) is 1. The molecule has 0 aliphatic carbocycles. The van der Waals surface area contributed by atoms with Crippen molar-refractivity contribution in [2.75, 3.05) is 5.32 Å². The third kappa shape index (κ3) is 4.68. The molecule has 0 unspecified atom stereocenters. The molecule has 0 saturated carbocycles. The molecule has 1 amide bonds. The van der Waals surface area contributed by atoms with Crippen LogP contribution in [0, 0.1) is 5.41 Å². The van der Waals surface area contributed by atoms with Crippen LogP contribution in [0.25, 0.3) is 10.1 Å². The van der Waals surface area contributed by atoms with E-state index in [1.165, 1.54) is 29.5 Å². The van der Waals surface area contributed by atoms with Crippen molar-refractivity contribution in [3.63, 3.8) is 0 Å². The van der Waals surface area contributed by atoms with Crippen molar-refractivity contribution in [1.29, 1.82) is 5.41 Å². The van der Waals surface area contributed by atoms with Gasteiger partial charge in [0.2, 0.25) is 0 Å². The van der Waals surface area contributed by atoms with Crippen LogP contribution in [-0.4, -0.2) is 28.6 Å². The molecule has 170 valence electrons. The van der Waals surface area contributed by atoms with Gasteiger partial charge in [-0.3, -0.25) is 15.0 Å². The number of aromatic carboxylic acids is 1. The maximum Gasteiger partial charge on any atom is 0.335 e. The first-order valence-corrected chi connectivity index (χ1v) is 11.3. The van der Waals surface area contributed by atoms with Crippen molar-refractivity contribution in [2.45, 2.75) is 6.42 Å². The Labute approximate surface area is 203 Å². The largest absolute Gasteiger partial charge is 0.478 e. The third-order valence-electron chi connectivity index (χ3n) is 5.17. The van der Waals surface area contributed by atoms with Crippen LogP contribution in [0.2, 0.25) is 5.02 Å². The number of nitrogen functional groups attached to an aromatic ring is 1. The Balaban J connectivity index is 1.67. The van der Waals surface area contributed by atoms with Gasteiger partial charge < -0.3 is 16.2 Å². The number of carbonyl (C=O) groups is 3. The first kappa shape index (κ1) is 23.2. The number of hydrogen-bond acceptors (Lipinski definition) is 5. The zero-order chi connectivity index (χ0) is 24.4. The number of carbonyl (C=O) groups excluding carboxylic acids is 2. The van der Waals surface area contributed by atoms with Crippen molar-refractivity contribution in [2.24, 2.45) is 5.73 Å². The third-order valence-corrected chi connectivity index (χ3v) is 6.88. The van der Waals surface area contributed by atoms with Crippen LogP contribution in [0.3, 0.4) is 0 Å². The van der Waals surface area contributed by atoms with Gasteiger partial charge in [-0.05, 0) is 42.0 Å². The first-order valence-electron chi connectivity index (χ1n) is 10.1. The minimum atomic E-state index is -1.17. The second kappa shape index (κ2) is 9.46. The number of benzene rings is 3. The van der Waals surface area contributed by atoms with E-state index < -0.39 is 11.9 Å². The van der Waals surface area contributed by atoms with E-state index in [0.717, 1.165) is 10.1 Å². The van der Waals surface area contributed by atoms with Crippen LogP contribution in [0.1, 0.15) is 41.5 Å². The lowest BCUT2D eigenvalue weighted by Crippen LogP contribution is -2.17. The monoisotopic (exact) mass is 491 g/mol. The SMILES string of the molecule is N=C(N)c1cccc(NC(=O)c2ccc(C(=O)O)cc2CC(=O)c2sc3ccccc3c2Cl)c1. The summed E-state index contributed by atoms with van der Waals surface area (Å²) < 4.78 is 0.860. The number of carboxylic acid groups (broad SMARTS) is 1. The molecule has 0 atom stereocenters. The Morgan fingerprint density at radius 3 is 2.47 bits per heavy atom. The molecule has 0 aliphatic heterocycles. The fourth-order valence-corrected chi connectivity index (χ4v) is 4.98. The molecule has 7 nitrogen and oxygen atoms in total. The van der Waals surface area contributed by atoms with Gasteiger partial charge in [0.05, 0.1) is 15.5 Å². The molecule has 3 aromatic carbocycles. The topological polar surface area (TPSA) is 133 Å². The Morgan fingerprint density at radius 1 is 1.00 bits per heavy atom. The van der Waals surface area contributed by atoms with Gasteiger partial charge in [-0.2, -0.15) is 0 Å². The van der Waals surface area contributed by atoms with Gasteiger partial charge in [0.15, 0.2) is 5.78 Å². The standard InChI is InChI=1S/C25H18ClN3O4S/c26-21-18-6-1-2-7-20(18)34-22(21)19(30)12-15-10-14(25(32)33)8-9-17(15)24(31)29-16-5-3-4-13(11-16)23(27)28/h1-11H,12H2,(H3,27,28)(H,29,31)(H,32,33). The number of hydrogen-bond donors (Lipinski definition) is 4. The fraction of sp³-hybridized carbons (Fsp3) is 0.0400. The number of amidine groups is 1. The molecule has 0 fully saturated rings. The van der Waals surface area contributed by atoms with Gasteiger partial charge in [0, 0.05) is 33.3 Å². The molecule has 34 heavy (non-hydrogen) atoms. The van der Waals surface area contributed by atoms with E-state index in [-0.39, 0.29) is 34.7 Å². The summed E-state index contributed by atoms with van der Waals surface area (Å²) in [4.78, 5) is 38.1. The van der Waals surface area contributed by atoms with Crippen molar-refractivity contribution in [3.05, 3.63) is 98.9 Å². The zero-order valence-electron chi connectivity index (χ0n) is 17.6. The number of thiophene rings is 1. The van der Waals surface area contributed by atoms with E-state index in [0.29, 0.717) is 21.2 Å². The molecular weight excluding hydrogens is 474 g/mol. The maximum absolute atomic E-state index is 13.1. The summed E-state index contributed by atoms with van der Waals surface area (Å²) >= 11 is 7.69. The summed E-state index contributed by atoms with van der Waals surface area (Å²) in [5.74, 6) is -2.16. The van der Waals surface area contributed by atoms with Gasteiger partial charge in [-0.15, -0.1) is 11.3 Å². The minimum Gasteiger partial charge on any atom is -0.478 e. The highest BCUT2D eigenvalue weighted by molar-refractivity contribution is 7.21. The minimum absolute atomic E-state index is 0.0413. The lowest BCUT2D eigenvalue weighted by molar-refractivity contribution is 0.0695. The Hall–Kier alpha value is -4.01. The van der Waals surface area contributed by atoms with Gasteiger partial charge in [0.25, 0.3) is 5.91 Å². The number of halogens is 1. The van der Waals surface area contributed by atoms with E-state index in [1.807, 2.05) is 24.3 Å². The molecule has 0 radical (unpaired) electrons. The van der Waals surface area contributed by atoms with Crippen molar-refractivity contribution < 1.29 is 19.5 Å².